The van der Waals surface area contributed by atoms with Crippen LogP contribution in [0.25, 0.3) is 0 Å². The first kappa shape index (κ1) is 24.0. The van der Waals surface area contributed by atoms with Crippen molar-refractivity contribution in [2.24, 2.45) is 5.92 Å². The van der Waals surface area contributed by atoms with Crippen molar-refractivity contribution in [1.29, 1.82) is 0 Å². The molecule has 6 nitrogen and oxygen atoms in total. The minimum absolute atomic E-state index is 0.0513. The van der Waals surface area contributed by atoms with Crippen molar-refractivity contribution in [2.45, 2.75) is 56.1 Å². The van der Waals surface area contributed by atoms with Gasteiger partial charge in [0.1, 0.15) is 0 Å². The lowest BCUT2D eigenvalue weighted by atomic mass is 9.89. The predicted molar refractivity (Wildman–Crippen MR) is 111 cm³/mol. The van der Waals surface area contributed by atoms with Crippen molar-refractivity contribution in [3.63, 3.8) is 0 Å². The molecule has 174 valence electrons. The normalized spacial score (nSPS) is 21.0. The molecule has 1 atom stereocenters. The van der Waals surface area contributed by atoms with E-state index in [2.05, 4.69) is 5.32 Å². The molecule has 0 aromatic heterocycles. The molecule has 1 heterocycles. The number of carbonyl (C=O) groups is 1. The zero-order valence-corrected chi connectivity index (χ0v) is 18.5. The molecule has 10 heteroatoms. The lowest BCUT2D eigenvalue weighted by Crippen LogP contribution is -2.55. The van der Waals surface area contributed by atoms with Gasteiger partial charge in [0.05, 0.1) is 16.5 Å². The van der Waals surface area contributed by atoms with Crippen molar-refractivity contribution in [1.82, 2.24) is 14.5 Å². The van der Waals surface area contributed by atoms with E-state index in [1.165, 1.54) is 23.6 Å². The number of carbonyl (C=O) groups excluding carboxylic acids is 1. The summed E-state index contributed by atoms with van der Waals surface area (Å²) in [6, 6.07) is 3.18. The Kier molecular flexibility index (Phi) is 7.64. The molecule has 2 aliphatic rings. The van der Waals surface area contributed by atoms with Gasteiger partial charge in [0.25, 0.3) is 0 Å². The SMILES string of the molecule is CC(C(=O)NCC1CCCCC1)N1CCN(S(=O)(=O)c2ccc(C(F)(F)F)cc2)CC1. The standard InChI is InChI=1S/C21H30F3N3O3S/c1-16(20(28)25-15-17-5-3-2-4-6-17)26-11-13-27(14-12-26)31(29,30)19-9-7-18(8-10-19)21(22,23)24/h7-10,16-17H,2-6,11-15H2,1H3,(H,25,28). The fourth-order valence-electron chi connectivity index (χ4n) is 4.25. The third-order valence-electron chi connectivity index (χ3n) is 6.31. The lowest BCUT2D eigenvalue weighted by molar-refractivity contribution is -0.137. The Labute approximate surface area is 181 Å². The highest BCUT2D eigenvalue weighted by Crippen LogP contribution is 2.30. The molecular formula is C21H30F3N3O3S. The van der Waals surface area contributed by atoms with Crippen LogP contribution in [0, 0.1) is 5.92 Å². The van der Waals surface area contributed by atoms with E-state index in [0.29, 0.717) is 25.6 Å². The molecule has 1 aromatic carbocycles. The van der Waals surface area contributed by atoms with Crippen LogP contribution in [-0.4, -0.2) is 62.3 Å². The maximum absolute atomic E-state index is 12.8. The summed E-state index contributed by atoms with van der Waals surface area (Å²) in [6.45, 7) is 3.64. The first-order valence-electron chi connectivity index (χ1n) is 10.8. The van der Waals surface area contributed by atoms with Crippen molar-refractivity contribution >= 4 is 15.9 Å². The Morgan fingerprint density at radius 2 is 1.65 bits per heavy atom. The second kappa shape index (κ2) is 9.87. The number of piperazine rings is 1. The van der Waals surface area contributed by atoms with Crippen molar-refractivity contribution in [3.05, 3.63) is 29.8 Å². The smallest absolute Gasteiger partial charge is 0.354 e. The molecule has 1 saturated carbocycles. The van der Waals surface area contributed by atoms with Gasteiger partial charge in [-0.3, -0.25) is 9.69 Å². The Hall–Kier alpha value is -1.65. The van der Waals surface area contributed by atoms with Crippen LogP contribution < -0.4 is 5.32 Å². The van der Waals surface area contributed by atoms with Gasteiger partial charge in [-0.25, -0.2) is 8.42 Å². The molecular weight excluding hydrogens is 431 g/mol. The monoisotopic (exact) mass is 461 g/mol. The van der Waals surface area contributed by atoms with Crippen LogP contribution >= 0.6 is 0 Å². The molecule has 0 bridgehead atoms. The number of benzene rings is 1. The van der Waals surface area contributed by atoms with E-state index in [-0.39, 0.29) is 29.9 Å². The van der Waals surface area contributed by atoms with Crippen LogP contribution in [0.1, 0.15) is 44.6 Å². The Balaban J connectivity index is 1.52. The Morgan fingerprint density at radius 1 is 1.06 bits per heavy atom. The van der Waals surface area contributed by atoms with Gasteiger partial charge in [0, 0.05) is 32.7 Å². The molecule has 1 unspecified atom stereocenters. The number of hydrogen-bond acceptors (Lipinski definition) is 4. The summed E-state index contributed by atoms with van der Waals surface area (Å²) in [5.74, 6) is 0.486. The average Bonchev–Trinajstić information content (AvgIpc) is 2.77. The van der Waals surface area contributed by atoms with Crippen molar-refractivity contribution in [3.8, 4) is 0 Å². The highest BCUT2D eigenvalue weighted by atomic mass is 32.2. The fraction of sp³-hybridized carbons (Fsp3) is 0.667. The second-order valence-corrected chi connectivity index (χ2v) is 10.3. The molecule has 2 fully saturated rings. The Bertz CT molecular complexity index is 845. The Morgan fingerprint density at radius 3 is 2.19 bits per heavy atom. The quantitative estimate of drug-likeness (QED) is 0.707. The minimum atomic E-state index is -4.51. The van der Waals surface area contributed by atoms with Crippen LogP contribution in [0.15, 0.2) is 29.2 Å². The van der Waals surface area contributed by atoms with E-state index in [4.69, 9.17) is 0 Å². The molecule has 1 amide bonds. The van der Waals surface area contributed by atoms with E-state index in [0.717, 1.165) is 37.1 Å². The van der Waals surface area contributed by atoms with Crippen LogP contribution in [0.4, 0.5) is 13.2 Å². The average molecular weight is 462 g/mol. The molecule has 0 spiro atoms. The summed E-state index contributed by atoms with van der Waals surface area (Å²) in [4.78, 5) is 14.3. The topological polar surface area (TPSA) is 69.7 Å². The first-order chi connectivity index (χ1) is 14.6. The summed E-state index contributed by atoms with van der Waals surface area (Å²) in [7, 11) is -3.88. The summed E-state index contributed by atoms with van der Waals surface area (Å²) in [5, 5.41) is 3.03. The van der Waals surface area contributed by atoms with Gasteiger partial charge in [0.2, 0.25) is 15.9 Å². The predicted octanol–water partition coefficient (Wildman–Crippen LogP) is 3.10. The van der Waals surface area contributed by atoms with Gasteiger partial charge < -0.3 is 5.32 Å². The van der Waals surface area contributed by atoms with Gasteiger partial charge in [-0.15, -0.1) is 0 Å². The molecule has 1 saturated heterocycles. The van der Waals surface area contributed by atoms with Crippen LogP contribution in [0.3, 0.4) is 0 Å². The summed E-state index contributed by atoms with van der Waals surface area (Å²) in [6.07, 6.45) is 1.48. The van der Waals surface area contributed by atoms with Gasteiger partial charge in [-0.1, -0.05) is 19.3 Å². The van der Waals surface area contributed by atoms with Crippen LogP contribution in [-0.2, 0) is 21.0 Å². The number of alkyl halides is 3. The second-order valence-electron chi connectivity index (χ2n) is 8.39. The number of sulfonamides is 1. The van der Waals surface area contributed by atoms with Gasteiger partial charge in [0.15, 0.2) is 0 Å². The zero-order chi connectivity index (χ0) is 22.6. The van der Waals surface area contributed by atoms with E-state index in [1.807, 2.05) is 11.8 Å². The van der Waals surface area contributed by atoms with E-state index in [1.54, 1.807) is 0 Å². The largest absolute Gasteiger partial charge is 0.416 e. The third kappa shape index (κ3) is 5.98. The van der Waals surface area contributed by atoms with Crippen LogP contribution in [0.2, 0.25) is 0 Å². The zero-order valence-electron chi connectivity index (χ0n) is 17.7. The molecule has 1 aliphatic heterocycles. The molecule has 3 rings (SSSR count). The summed E-state index contributed by atoms with van der Waals surface area (Å²) in [5.41, 5.74) is -0.885. The van der Waals surface area contributed by atoms with Crippen LogP contribution in [0.5, 0.6) is 0 Å². The highest BCUT2D eigenvalue weighted by molar-refractivity contribution is 7.89. The molecule has 1 aromatic rings. The maximum atomic E-state index is 12.8. The number of amides is 1. The van der Waals surface area contributed by atoms with E-state index in [9.17, 15) is 26.4 Å². The fourth-order valence-corrected chi connectivity index (χ4v) is 5.67. The summed E-state index contributed by atoms with van der Waals surface area (Å²) < 4.78 is 65.0. The number of nitrogens with one attached hydrogen (secondary N) is 1. The minimum Gasteiger partial charge on any atom is -0.354 e. The molecule has 31 heavy (non-hydrogen) atoms. The highest BCUT2D eigenvalue weighted by Gasteiger charge is 2.34. The van der Waals surface area contributed by atoms with Gasteiger partial charge >= 0.3 is 6.18 Å². The number of halogens is 3. The van der Waals surface area contributed by atoms with Crippen molar-refractivity contribution < 1.29 is 26.4 Å². The van der Waals surface area contributed by atoms with Crippen molar-refractivity contribution in [2.75, 3.05) is 32.7 Å². The first-order valence-corrected chi connectivity index (χ1v) is 12.2. The number of nitrogens with zero attached hydrogens (tertiary/aromatic N) is 2. The molecule has 1 aliphatic carbocycles. The van der Waals surface area contributed by atoms with Gasteiger partial charge in [-0.05, 0) is 49.9 Å². The molecule has 0 radical (unpaired) electrons. The lowest BCUT2D eigenvalue weighted by Gasteiger charge is -2.37. The van der Waals surface area contributed by atoms with Gasteiger partial charge in [-0.2, -0.15) is 17.5 Å². The molecule has 1 N–H and O–H groups in total. The van der Waals surface area contributed by atoms with E-state index >= 15 is 0 Å². The number of hydrogen-bond donors (Lipinski definition) is 1. The third-order valence-corrected chi connectivity index (χ3v) is 8.22. The van der Waals surface area contributed by atoms with E-state index < -0.39 is 21.8 Å². The number of rotatable bonds is 6. The maximum Gasteiger partial charge on any atom is 0.416 e. The summed E-state index contributed by atoms with van der Waals surface area (Å²) >= 11 is 0.